The highest BCUT2D eigenvalue weighted by Crippen LogP contribution is 2.38. The number of esters is 2. The third-order valence-electron chi connectivity index (χ3n) is 5.96. The van der Waals surface area contributed by atoms with Crippen LogP contribution >= 0.6 is 0 Å². The quantitative estimate of drug-likeness (QED) is 0.0578. The van der Waals surface area contributed by atoms with Gasteiger partial charge in [0.05, 0.1) is 0 Å². The van der Waals surface area contributed by atoms with Gasteiger partial charge < -0.3 is 9.47 Å². The second-order valence-corrected chi connectivity index (χ2v) is 11.4. The lowest BCUT2D eigenvalue weighted by Gasteiger charge is -2.26. The van der Waals surface area contributed by atoms with Crippen molar-refractivity contribution in [2.75, 3.05) is 0 Å². The molecule has 0 rings (SSSR count). The Morgan fingerprint density at radius 1 is 0.571 bits per heavy atom. The van der Waals surface area contributed by atoms with Gasteiger partial charge in [-0.2, -0.15) is 43.5 Å². The van der Waals surface area contributed by atoms with Crippen LogP contribution in [0.3, 0.4) is 0 Å². The first-order valence-electron chi connectivity index (χ1n) is 13.3. The standard InChI is InChI=1S/C24H36F10O7S/c1-21(25,26)19(22(27,28)29)40-17(35)15-13-11-9-7-5-3-2-4-6-8-10-12-14-16-18(36)41-20(23(30,31)32)24(33,34)42(37,38)39/h19-20H,2-16H2,1H3,(H,37,38,39). The van der Waals surface area contributed by atoms with Gasteiger partial charge >= 0.3 is 39.7 Å². The van der Waals surface area contributed by atoms with Gasteiger partial charge in [0.15, 0.2) is 0 Å². The molecule has 0 aromatic carbocycles. The van der Waals surface area contributed by atoms with Crippen molar-refractivity contribution in [3.05, 3.63) is 0 Å². The Kier molecular flexibility index (Phi) is 16.7. The number of carbonyl (C=O) groups excluding carboxylic acids is 2. The Hall–Kier alpha value is -1.85. The van der Waals surface area contributed by atoms with E-state index in [-0.39, 0.29) is 19.8 Å². The number of hydrogen-bond donors (Lipinski definition) is 1. The van der Waals surface area contributed by atoms with E-state index in [2.05, 4.69) is 9.47 Å². The minimum Gasteiger partial charge on any atom is -0.446 e. The molecule has 18 heteroatoms. The lowest BCUT2D eigenvalue weighted by molar-refractivity contribution is -0.273. The second-order valence-electron chi connectivity index (χ2n) is 9.91. The SMILES string of the molecule is CC(F)(F)C(OC(=O)CCCCCCCCCCCCCCCC(=O)OC(C(F)(F)F)C(F)(F)S(=O)(=O)O)C(F)(F)F. The first-order chi connectivity index (χ1) is 19.0. The van der Waals surface area contributed by atoms with Gasteiger partial charge in [0.25, 0.3) is 18.1 Å². The Morgan fingerprint density at radius 3 is 1.07 bits per heavy atom. The number of alkyl halides is 10. The van der Waals surface area contributed by atoms with Crippen molar-refractivity contribution < 1.29 is 75.9 Å². The van der Waals surface area contributed by atoms with E-state index in [1.54, 1.807) is 0 Å². The molecule has 0 saturated carbocycles. The average molecular weight is 659 g/mol. The molecule has 0 aromatic heterocycles. The van der Waals surface area contributed by atoms with Crippen LogP contribution in [-0.2, 0) is 29.2 Å². The molecule has 0 aliphatic heterocycles. The highest BCUT2D eigenvalue weighted by Gasteiger charge is 2.66. The van der Waals surface area contributed by atoms with Gasteiger partial charge in [-0.3, -0.25) is 14.1 Å². The predicted molar refractivity (Wildman–Crippen MR) is 128 cm³/mol. The molecule has 1 N–H and O–H groups in total. The lowest BCUT2D eigenvalue weighted by atomic mass is 10.0. The smallest absolute Gasteiger partial charge is 0.432 e. The molecular weight excluding hydrogens is 622 g/mol. The lowest BCUT2D eigenvalue weighted by Crippen LogP contribution is -2.52. The van der Waals surface area contributed by atoms with E-state index in [4.69, 9.17) is 4.55 Å². The summed E-state index contributed by atoms with van der Waals surface area (Å²) in [6.45, 7) is 0.0263. The summed E-state index contributed by atoms with van der Waals surface area (Å²) >= 11 is 0. The van der Waals surface area contributed by atoms with E-state index in [0.29, 0.717) is 25.7 Å². The molecule has 0 aromatic rings. The van der Waals surface area contributed by atoms with Gasteiger partial charge in [0.2, 0.25) is 0 Å². The zero-order valence-electron chi connectivity index (χ0n) is 22.8. The third kappa shape index (κ3) is 16.1. The summed E-state index contributed by atoms with van der Waals surface area (Å²) in [6.07, 6.45) is -11.9. The number of unbranched alkanes of at least 4 members (excludes halogenated alkanes) is 12. The van der Waals surface area contributed by atoms with Gasteiger partial charge in [-0.1, -0.05) is 70.6 Å². The fourth-order valence-electron chi connectivity index (χ4n) is 3.78. The van der Waals surface area contributed by atoms with Crippen LogP contribution < -0.4 is 0 Å². The van der Waals surface area contributed by atoms with Gasteiger partial charge in [-0.05, 0) is 12.8 Å². The summed E-state index contributed by atoms with van der Waals surface area (Å²) in [5, 5.41) is -5.76. The van der Waals surface area contributed by atoms with Crippen molar-refractivity contribution in [3.8, 4) is 0 Å². The number of ether oxygens (including phenoxy) is 2. The summed E-state index contributed by atoms with van der Waals surface area (Å²) in [6, 6.07) is 0. The summed E-state index contributed by atoms with van der Waals surface area (Å²) in [4.78, 5) is 23.0. The Bertz CT molecular complexity index is 902. The van der Waals surface area contributed by atoms with Gasteiger partial charge in [-0.25, -0.2) is 8.78 Å². The van der Waals surface area contributed by atoms with Crippen LogP contribution in [0.4, 0.5) is 43.9 Å². The molecule has 0 aliphatic rings. The molecule has 42 heavy (non-hydrogen) atoms. The van der Waals surface area contributed by atoms with Crippen molar-refractivity contribution >= 4 is 22.1 Å². The maximum Gasteiger partial charge on any atom is 0.432 e. The van der Waals surface area contributed by atoms with Crippen molar-refractivity contribution in [3.63, 3.8) is 0 Å². The third-order valence-corrected chi connectivity index (χ3v) is 6.87. The van der Waals surface area contributed by atoms with E-state index < -0.39 is 70.6 Å². The summed E-state index contributed by atoms with van der Waals surface area (Å²) in [5.74, 6) is -7.27. The van der Waals surface area contributed by atoms with Crippen molar-refractivity contribution in [2.24, 2.45) is 0 Å². The molecule has 0 spiro atoms. The molecule has 250 valence electrons. The molecule has 0 bridgehead atoms. The second kappa shape index (κ2) is 17.4. The number of halogens is 10. The Balaban J connectivity index is 3.89. The molecule has 2 unspecified atom stereocenters. The highest BCUT2D eigenvalue weighted by molar-refractivity contribution is 7.86. The minimum absolute atomic E-state index is 0.0204. The van der Waals surface area contributed by atoms with Crippen LogP contribution in [0.5, 0.6) is 0 Å². The number of rotatable bonds is 21. The van der Waals surface area contributed by atoms with Crippen LogP contribution in [0, 0.1) is 0 Å². The molecule has 0 saturated heterocycles. The minimum atomic E-state index is -6.49. The normalized spacial score (nSPS) is 14.9. The first kappa shape index (κ1) is 40.1. The topological polar surface area (TPSA) is 107 Å². The van der Waals surface area contributed by atoms with Crippen LogP contribution in [0.25, 0.3) is 0 Å². The fourth-order valence-corrected chi connectivity index (χ4v) is 4.24. The summed E-state index contributed by atoms with van der Waals surface area (Å²) in [7, 11) is -6.49. The molecule has 0 amide bonds. The first-order valence-corrected chi connectivity index (χ1v) is 14.7. The van der Waals surface area contributed by atoms with Gasteiger partial charge in [0, 0.05) is 19.8 Å². The largest absolute Gasteiger partial charge is 0.446 e. The fraction of sp³-hybridized carbons (Fsp3) is 0.917. The Morgan fingerprint density at radius 2 is 0.833 bits per heavy atom. The van der Waals surface area contributed by atoms with Gasteiger partial charge in [0.1, 0.15) is 0 Å². The maximum atomic E-state index is 13.4. The Labute approximate surface area is 237 Å². The summed E-state index contributed by atoms with van der Waals surface area (Å²) < 4.78 is 166. The average Bonchev–Trinajstić information content (AvgIpc) is 2.80. The van der Waals surface area contributed by atoms with E-state index in [1.807, 2.05) is 0 Å². The molecule has 2 atom stereocenters. The number of hydrogen-bond acceptors (Lipinski definition) is 6. The molecule has 0 aliphatic carbocycles. The predicted octanol–water partition coefficient (Wildman–Crippen LogP) is 7.92. The monoisotopic (exact) mass is 658 g/mol. The van der Waals surface area contributed by atoms with Crippen LogP contribution in [0.1, 0.15) is 103 Å². The van der Waals surface area contributed by atoms with Crippen LogP contribution in [0.15, 0.2) is 0 Å². The van der Waals surface area contributed by atoms with Crippen molar-refractivity contribution in [1.29, 1.82) is 0 Å². The molecule has 7 nitrogen and oxygen atoms in total. The van der Waals surface area contributed by atoms with E-state index >= 15 is 0 Å². The summed E-state index contributed by atoms with van der Waals surface area (Å²) in [5.41, 5.74) is 0. The van der Waals surface area contributed by atoms with Crippen LogP contribution in [-0.4, -0.2) is 60.6 Å². The van der Waals surface area contributed by atoms with Crippen LogP contribution in [0.2, 0.25) is 0 Å². The van der Waals surface area contributed by atoms with Crippen molar-refractivity contribution in [2.45, 2.75) is 139 Å². The zero-order valence-corrected chi connectivity index (χ0v) is 23.7. The zero-order chi connectivity index (χ0) is 32.8. The van der Waals surface area contributed by atoms with E-state index in [9.17, 15) is 61.9 Å². The highest BCUT2D eigenvalue weighted by atomic mass is 32.2. The van der Waals surface area contributed by atoms with E-state index in [1.165, 1.54) is 0 Å². The molecular formula is C24H36F10O7S. The van der Waals surface area contributed by atoms with Crippen molar-refractivity contribution in [1.82, 2.24) is 0 Å². The maximum absolute atomic E-state index is 13.4. The van der Waals surface area contributed by atoms with E-state index in [0.717, 1.165) is 44.9 Å². The number of carbonyl (C=O) groups is 2. The molecule has 0 heterocycles. The van der Waals surface area contributed by atoms with Gasteiger partial charge in [-0.15, -0.1) is 0 Å². The molecule has 0 fully saturated rings. The molecule has 0 radical (unpaired) electrons.